The van der Waals surface area contributed by atoms with Crippen molar-refractivity contribution >= 4 is 23.6 Å². The second-order valence-electron chi connectivity index (χ2n) is 11.5. The van der Waals surface area contributed by atoms with Gasteiger partial charge in [0.1, 0.15) is 19.6 Å². The third kappa shape index (κ3) is 6.34. The zero-order chi connectivity index (χ0) is 31.4. The molecule has 2 heterocycles. The van der Waals surface area contributed by atoms with E-state index in [1.165, 1.54) is 14.7 Å². The van der Waals surface area contributed by atoms with Crippen LogP contribution in [0.25, 0.3) is 0 Å². The van der Waals surface area contributed by atoms with Crippen LogP contribution in [0.5, 0.6) is 0 Å². The van der Waals surface area contributed by atoms with Gasteiger partial charge in [-0.3, -0.25) is 24.1 Å². The van der Waals surface area contributed by atoms with Crippen molar-refractivity contribution in [2.45, 2.75) is 25.4 Å². The second-order valence-corrected chi connectivity index (χ2v) is 11.5. The van der Waals surface area contributed by atoms with Crippen LogP contribution in [0.2, 0.25) is 0 Å². The fraction of sp³-hybridized carbons (Fsp3) is 0.222. The van der Waals surface area contributed by atoms with E-state index in [4.69, 9.17) is 0 Å². The van der Waals surface area contributed by atoms with E-state index in [0.717, 1.165) is 21.6 Å². The number of hydrogen-bond acceptors (Lipinski definition) is 5. The van der Waals surface area contributed by atoms with Gasteiger partial charge in [0.05, 0.1) is 6.54 Å². The zero-order valence-electron chi connectivity index (χ0n) is 24.8. The summed E-state index contributed by atoms with van der Waals surface area (Å²) in [6.45, 7) is -0.937. The van der Waals surface area contributed by atoms with E-state index >= 15 is 0 Å². The molecule has 0 bridgehead atoms. The molecular weight excluding hydrogens is 568 g/mol. The van der Waals surface area contributed by atoms with E-state index in [2.05, 4.69) is 0 Å². The first kappa shape index (κ1) is 29.8. The molecule has 9 heteroatoms. The lowest BCUT2D eigenvalue weighted by molar-refractivity contribution is -0.157. The number of β-amino-alcohol motifs (C(OH)–C–C–N with tert-alkyl or cyclic N) is 1. The molecule has 0 radical (unpaired) electrons. The first-order valence-corrected chi connectivity index (χ1v) is 14.9. The van der Waals surface area contributed by atoms with Gasteiger partial charge in [-0.25, -0.2) is 0 Å². The standard InChI is InChI=1S/C36H34N4O5/c41-32-23-38(21-28-14-6-2-7-15-28)34(43)25-40-35(44)30-18-10-11-19-31(30)36(40,45)26-39(22-29-16-8-3-9-17-29)33(42)24-37(32)20-27-12-4-1-5-13-27/h1-19,45H,20-26H2. The van der Waals surface area contributed by atoms with Gasteiger partial charge < -0.3 is 19.8 Å². The van der Waals surface area contributed by atoms with Gasteiger partial charge in [-0.05, 0) is 22.8 Å². The lowest BCUT2D eigenvalue weighted by Gasteiger charge is -2.40. The predicted octanol–water partition coefficient (Wildman–Crippen LogP) is 3.39. The monoisotopic (exact) mass is 602 g/mol. The van der Waals surface area contributed by atoms with Crippen LogP contribution in [0.1, 0.15) is 32.6 Å². The number of amides is 4. The molecule has 228 valence electrons. The summed E-state index contributed by atoms with van der Waals surface area (Å²) in [5.74, 6) is -1.80. The largest absolute Gasteiger partial charge is 0.365 e. The zero-order valence-corrected chi connectivity index (χ0v) is 24.8. The number of rotatable bonds is 6. The minimum atomic E-state index is -1.97. The summed E-state index contributed by atoms with van der Waals surface area (Å²) in [5.41, 5.74) is 1.08. The van der Waals surface area contributed by atoms with Crippen molar-refractivity contribution in [3.8, 4) is 0 Å². The third-order valence-corrected chi connectivity index (χ3v) is 8.34. The summed E-state index contributed by atoms with van der Waals surface area (Å²) < 4.78 is 0. The maximum absolute atomic E-state index is 14.2. The average Bonchev–Trinajstić information content (AvgIpc) is 3.26. The molecule has 0 aliphatic carbocycles. The second kappa shape index (κ2) is 12.8. The molecular formula is C36H34N4O5. The summed E-state index contributed by atoms with van der Waals surface area (Å²) in [6.07, 6.45) is 0. The van der Waals surface area contributed by atoms with Crippen LogP contribution >= 0.6 is 0 Å². The Morgan fingerprint density at radius 3 is 1.42 bits per heavy atom. The quantitative estimate of drug-likeness (QED) is 0.365. The van der Waals surface area contributed by atoms with Crippen LogP contribution in [-0.2, 0) is 39.7 Å². The first-order valence-electron chi connectivity index (χ1n) is 14.9. The van der Waals surface area contributed by atoms with Gasteiger partial charge in [-0.1, -0.05) is 109 Å². The van der Waals surface area contributed by atoms with Gasteiger partial charge in [0, 0.05) is 30.8 Å². The van der Waals surface area contributed by atoms with E-state index in [9.17, 15) is 24.3 Å². The van der Waals surface area contributed by atoms with Crippen molar-refractivity contribution in [3.63, 3.8) is 0 Å². The van der Waals surface area contributed by atoms with E-state index in [0.29, 0.717) is 5.56 Å². The Morgan fingerprint density at radius 2 is 0.911 bits per heavy atom. The van der Waals surface area contributed by atoms with Crippen LogP contribution in [0.3, 0.4) is 0 Å². The number of benzene rings is 4. The fourth-order valence-electron chi connectivity index (χ4n) is 5.99. The molecule has 4 amide bonds. The molecule has 0 spiro atoms. The minimum Gasteiger partial charge on any atom is -0.365 e. The van der Waals surface area contributed by atoms with Crippen molar-refractivity contribution < 1.29 is 24.3 Å². The van der Waals surface area contributed by atoms with Gasteiger partial charge in [0.15, 0.2) is 5.72 Å². The molecule has 45 heavy (non-hydrogen) atoms. The van der Waals surface area contributed by atoms with Gasteiger partial charge in [-0.2, -0.15) is 0 Å². The van der Waals surface area contributed by atoms with Crippen LogP contribution < -0.4 is 0 Å². The molecule has 1 saturated heterocycles. The number of nitrogens with zero attached hydrogens (tertiary/aromatic N) is 4. The maximum Gasteiger partial charge on any atom is 0.257 e. The molecule has 0 saturated carbocycles. The topological polar surface area (TPSA) is 101 Å². The van der Waals surface area contributed by atoms with E-state index in [-0.39, 0.29) is 44.8 Å². The van der Waals surface area contributed by atoms with Crippen molar-refractivity contribution in [1.82, 2.24) is 19.6 Å². The summed E-state index contributed by atoms with van der Waals surface area (Å²) in [5, 5.41) is 12.4. The highest BCUT2D eigenvalue weighted by molar-refractivity contribution is 6.02. The van der Waals surface area contributed by atoms with Gasteiger partial charge in [0.25, 0.3) is 5.91 Å². The Balaban J connectivity index is 1.43. The molecule has 2 aliphatic heterocycles. The highest BCUT2D eigenvalue weighted by atomic mass is 16.3. The Kier molecular flexibility index (Phi) is 8.44. The van der Waals surface area contributed by atoms with Crippen LogP contribution in [0, 0.1) is 0 Å². The number of carbonyl (C=O) groups excluding carboxylic acids is 4. The molecule has 1 unspecified atom stereocenters. The fourth-order valence-corrected chi connectivity index (χ4v) is 5.99. The van der Waals surface area contributed by atoms with Gasteiger partial charge in [0.2, 0.25) is 17.7 Å². The normalized spacial score (nSPS) is 19.2. The van der Waals surface area contributed by atoms with Crippen LogP contribution in [-0.4, -0.2) is 74.5 Å². The smallest absolute Gasteiger partial charge is 0.257 e. The first-order chi connectivity index (χ1) is 21.8. The molecule has 1 atom stereocenters. The molecule has 0 aromatic heterocycles. The number of hydrogen-bond donors (Lipinski definition) is 1. The molecule has 4 aromatic rings. The molecule has 1 fully saturated rings. The van der Waals surface area contributed by atoms with Crippen molar-refractivity contribution in [3.05, 3.63) is 143 Å². The Labute approximate surface area is 261 Å². The van der Waals surface area contributed by atoms with Crippen LogP contribution in [0.15, 0.2) is 115 Å². The maximum atomic E-state index is 14.2. The van der Waals surface area contributed by atoms with Crippen molar-refractivity contribution in [1.29, 1.82) is 0 Å². The third-order valence-electron chi connectivity index (χ3n) is 8.34. The van der Waals surface area contributed by atoms with Crippen molar-refractivity contribution in [2.75, 3.05) is 26.2 Å². The summed E-state index contributed by atoms with van der Waals surface area (Å²) in [7, 11) is 0. The highest BCUT2D eigenvalue weighted by Gasteiger charge is 2.51. The molecule has 2 aliphatic rings. The summed E-state index contributed by atoms with van der Waals surface area (Å²) >= 11 is 0. The van der Waals surface area contributed by atoms with E-state index in [1.54, 1.807) is 24.3 Å². The molecule has 4 aromatic carbocycles. The Bertz CT molecular complexity index is 1700. The van der Waals surface area contributed by atoms with E-state index in [1.807, 2.05) is 91.0 Å². The number of aliphatic hydroxyl groups is 1. The summed E-state index contributed by atoms with van der Waals surface area (Å²) in [6, 6.07) is 34.6. The van der Waals surface area contributed by atoms with E-state index < -0.39 is 35.9 Å². The SMILES string of the molecule is O=C1CN(Cc2ccccc2)C(=O)CN2C(=O)c3ccccc3C2(O)CN(Cc2ccccc2)C(=O)CN1Cc1ccccc1. The number of carbonyl (C=O) groups is 4. The molecule has 9 nitrogen and oxygen atoms in total. The lowest BCUT2D eigenvalue weighted by Crippen LogP contribution is -2.58. The average molecular weight is 603 g/mol. The highest BCUT2D eigenvalue weighted by Crippen LogP contribution is 2.38. The summed E-state index contributed by atoms with van der Waals surface area (Å²) in [4.78, 5) is 61.4. The molecule has 6 rings (SSSR count). The van der Waals surface area contributed by atoms with Gasteiger partial charge in [-0.15, -0.1) is 0 Å². The van der Waals surface area contributed by atoms with Crippen LogP contribution in [0.4, 0.5) is 0 Å². The van der Waals surface area contributed by atoms with Crippen molar-refractivity contribution in [2.24, 2.45) is 0 Å². The van der Waals surface area contributed by atoms with Gasteiger partial charge >= 0.3 is 0 Å². The molecule has 1 N–H and O–H groups in total. The lowest BCUT2D eigenvalue weighted by atomic mass is 10.00. The Hall–Kier alpha value is -5.28. The Morgan fingerprint density at radius 1 is 0.511 bits per heavy atom. The minimum absolute atomic E-state index is 0.117. The number of fused-ring (bicyclic) bond motifs is 3. The predicted molar refractivity (Wildman–Crippen MR) is 167 cm³/mol.